The summed E-state index contributed by atoms with van der Waals surface area (Å²) in [5, 5.41) is 7.62. The lowest BCUT2D eigenvalue weighted by Gasteiger charge is -2.28. The van der Waals surface area contributed by atoms with Gasteiger partial charge in [0.1, 0.15) is 0 Å². The highest BCUT2D eigenvalue weighted by Crippen LogP contribution is 2.21. The van der Waals surface area contributed by atoms with Crippen molar-refractivity contribution in [1.82, 2.24) is 15.1 Å². The number of halogens is 1. The Labute approximate surface area is 99.9 Å². The van der Waals surface area contributed by atoms with Gasteiger partial charge in [-0.1, -0.05) is 11.6 Å². The number of nitrogens with two attached hydrogens (primary N) is 1. The zero-order valence-corrected chi connectivity index (χ0v) is 10.5. The number of likely N-dealkylation sites (N-methyl/N-ethyl adjacent to an activating group) is 1. The minimum atomic E-state index is -0.738. The zero-order chi connectivity index (χ0) is 12.3. The maximum absolute atomic E-state index is 11.3. The van der Waals surface area contributed by atoms with Crippen LogP contribution in [0, 0.1) is 0 Å². The first-order valence-corrected chi connectivity index (χ1v) is 5.45. The van der Waals surface area contributed by atoms with Crippen LogP contribution in [-0.2, 0) is 4.79 Å². The Hall–Kier alpha value is -1.07. The van der Waals surface area contributed by atoms with Gasteiger partial charge in [0.2, 0.25) is 5.91 Å². The Morgan fingerprint density at radius 2 is 2.44 bits per heavy atom. The highest BCUT2D eigenvalue weighted by atomic mass is 35.5. The highest BCUT2D eigenvalue weighted by molar-refractivity contribution is 6.30. The molecule has 0 aliphatic heterocycles. The molecule has 0 aliphatic carbocycles. The first-order chi connectivity index (χ1) is 7.39. The highest BCUT2D eigenvalue weighted by Gasteiger charge is 2.31. The van der Waals surface area contributed by atoms with Crippen LogP contribution in [0.2, 0.25) is 5.02 Å². The first-order valence-electron chi connectivity index (χ1n) is 5.07. The molecule has 1 aromatic rings. The second kappa shape index (κ2) is 4.84. The van der Waals surface area contributed by atoms with E-state index in [0.717, 1.165) is 0 Å². The van der Waals surface area contributed by atoms with E-state index < -0.39 is 5.54 Å². The van der Waals surface area contributed by atoms with Gasteiger partial charge in [0, 0.05) is 6.20 Å². The fraction of sp³-hybridized carbons (Fsp3) is 0.600. The molecule has 6 heteroatoms. The standard InChI is InChI=1S/C10H17ClN4O/c1-7(15-6-8(11)5-14-15)4-10(2,13-3)9(12)16/h5-7,13H,4H2,1-3H3,(H2,12,16). The van der Waals surface area contributed by atoms with Gasteiger partial charge in [-0.05, 0) is 27.3 Å². The minimum Gasteiger partial charge on any atom is -0.368 e. The molecule has 1 amide bonds. The van der Waals surface area contributed by atoms with Gasteiger partial charge in [-0.15, -0.1) is 0 Å². The molecule has 0 aliphatic rings. The smallest absolute Gasteiger partial charge is 0.237 e. The molecule has 0 spiro atoms. The Kier molecular flexibility index (Phi) is 3.93. The third-order valence-corrected chi connectivity index (χ3v) is 3.02. The molecule has 2 atom stereocenters. The van der Waals surface area contributed by atoms with Gasteiger partial charge in [-0.25, -0.2) is 0 Å². The average Bonchev–Trinajstić information content (AvgIpc) is 2.64. The number of nitrogens with one attached hydrogen (secondary N) is 1. The third-order valence-electron chi connectivity index (χ3n) is 2.82. The van der Waals surface area contributed by atoms with Crippen LogP contribution in [-0.4, -0.2) is 28.3 Å². The van der Waals surface area contributed by atoms with Crippen molar-refractivity contribution in [2.75, 3.05) is 7.05 Å². The maximum Gasteiger partial charge on any atom is 0.237 e. The summed E-state index contributed by atoms with van der Waals surface area (Å²) < 4.78 is 1.72. The summed E-state index contributed by atoms with van der Waals surface area (Å²) in [4.78, 5) is 11.3. The monoisotopic (exact) mass is 244 g/mol. The van der Waals surface area contributed by atoms with E-state index in [1.165, 1.54) is 0 Å². The van der Waals surface area contributed by atoms with Crippen LogP contribution in [0.3, 0.4) is 0 Å². The molecule has 0 saturated heterocycles. The number of rotatable bonds is 5. The van der Waals surface area contributed by atoms with Crippen molar-refractivity contribution in [3.63, 3.8) is 0 Å². The number of carbonyl (C=O) groups excluding carboxylic acids is 1. The molecule has 90 valence electrons. The van der Waals surface area contributed by atoms with Crippen LogP contribution in [0.25, 0.3) is 0 Å². The van der Waals surface area contributed by atoms with Crippen molar-refractivity contribution in [1.29, 1.82) is 0 Å². The van der Waals surface area contributed by atoms with Gasteiger partial charge >= 0.3 is 0 Å². The van der Waals surface area contributed by atoms with Crippen molar-refractivity contribution in [3.05, 3.63) is 17.4 Å². The van der Waals surface area contributed by atoms with Gasteiger partial charge in [0.15, 0.2) is 0 Å². The SMILES string of the molecule is CNC(C)(CC(C)n1cc(Cl)cn1)C(N)=O. The lowest BCUT2D eigenvalue weighted by molar-refractivity contribution is -0.124. The van der Waals surface area contributed by atoms with E-state index in [0.29, 0.717) is 11.4 Å². The second-order valence-corrected chi connectivity index (χ2v) is 4.57. The van der Waals surface area contributed by atoms with E-state index >= 15 is 0 Å². The van der Waals surface area contributed by atoms with Gasteiger partial charge in [0.05, 0.1) is 22.8 Å². The lowest BCUT2D eigenvalue weighted by Crippen LogP contribution is -2.52. The van der Waals surface area contributed by atoms with Gasteiger partial charge in [0.25, 0.3) is 0 Å². The quantitative estimate of drug-likeness (QED) is 0.810. The fourth-order valence-corrected chi connectivity index (χ4v) is 1.71. The van der Waals surface area contributed by atoms with Crippen LogP contribution in [0.15, 0.2) is 12.4 Å². The molecule has 3 N–H and O–H groups in total. The molecule has 1 rings (SSSR count). The number of aromatic nitrogens is 2. The van der Waals surface area contributed by atoms with Crippen molar-refractivity contribution in [3.8, 4) is 0 Å². The Balaban J connectivity index is 2.77. The van der Waals surface area contributed by atoms with Crippen molar-refractivity contribution in [2.24, 2.45) is 5.73 Å². The van der Waals surface area contributed by atoms with Crippen molar-refractivity contribution >= 4 is 17.5 Å². The predicted molar refractivity (Wildman–Crippen MR) is 63.2 cm³/mol. The largest absolute Gasteiger partial charge is 0.368 e. The summed E-state index contributed by atoms with van der Waals surface area (Å²) in [6.07, 6.45) is 3.85. The molecule has 1 aromatic heterocycles. The number of hydrogen-bond donors (Lipinski definition) is 2. The molecule has 0 bridgehead atoms. The summed E-state index contributed by atoms with van der Waals surface area (Å²) in [6.45, 7) is 3.73. The Bertz CT molecular complexity index is 379. The number of hydrogen-bond acceptors (Lipinski definition) is 3. The van der Waals surface area contributed by atoms with Crippen molar-refractivity contribution in [2.45, 2.75) is 31.8 Å². The molecule has 5 nitrogen and oxygen atoms in total. The molecule has 0 saturated carbocycles. The number of nitrogens with zero attached hydrogens (tertiary/aromatic N) is 2. The van der Waals surface area contributed by atoms with Gasteiger partial charge in [-0.2, -0.15) is 5.10 Å². The van der Waals surface area contributed by atoms with E-state index in [1.54, 1.807) is 31.0 Å². The average molecular weight is 245 g/mol. The van der Waals surface area contributed by atoms with E-state index in [-0.39, 0.29) is 11.9 Å². The Morgan fingerprint density at radius 1 is 1.81 bits per heavy atom. The molecule has 0 aromatic carbocycles. The minimum absolute atomic E-state index is 0.0393. The molecule has 0 radical (unpaired) electrons. The maximum atomic E-state index is 11.3. The van der Waals surface area contributed by atoms with Crippen LogP contribution >= 0.6 is 11.6 Å². The summed E-state index contributed by atoms with van der Waals surface area (Å²) in [6, 6.07) is 0.0393. The van der Waals surface area contributed by atoms with E-state index in [1.807, 2.05) is 6.92 Å². The molecule has 2 unspecified atom stereocenters. The summed E-state index contributed by atoms with van der Waals surface area (Å²) in [5.41, 5.74) is 4.62. The van der Waals surface area contributed by atoms with E-state index in [2.05, 4.69) is 10.4 Å². The van der Waals surface area contributed by atoms with Gasteiger partial charge in [-0.3, -0.25) is 9.48 Å². The second-order valence-electron chi connectivity index (χ2n) is 4.14. The molecule has 0 fully saturated rings. The topological polar surface area (TPSA) is 72.9 Å². The number of carbonyl (C=O) groups is 1. The lowest BCUT2D eigenvalue weighted by atomic mass is 9.93. The van der Waals surface area contributed by atoms with Crippen molar-refractivity contribution < 1.29 is 4.79 Å². The molecule has 16 heavy (non-hydrogen) atoms. The number of primary amides is 1. The third kappa shape index (κ3) is 2.74. The molecule has 1 heterocycles. The van der Waals surface area contributed by atoms with Crippen LogP contribution < -0.4 is 11.1 Å². The zero-order valence-electron chi connectivity index (χ0n) is 9.70. The predicted octanol–water partition coefficient (Wildman–Crippen LogP) is 0.951. The fourth-order valence-electron chi connectivity index (χ4n) is 1.57. The van der Waals surface area contributed by atoms with Crippen LogP contribution in [0.1, 0.15) is 26.3 Å². The summed E-state index contributed by atoms with van der Waals surface area (Å²) >= 11 is 5.78. The van der Waals surface area contributed by atoms with Crippen LogP contribution in [0.5, 0.6) is 0 Å². The van der Waals surface area contributed by atoms with Crippen LogP contribution in [0.4, 0.5) is 0 Å². The molecular weight excluding hydrogens is 228 g/mol. The normalized spacial score (nSPS) is 16.8. The van der Waals surface area contributed by atoms with E-state index in [4.69, 9.17) is 17.3 Å². The van der Waals surface area contributed by atoms with Gasteiger partial charge < -0.3 is 11.1 Å². The summed E-state index contributed by atoms with van der Waals surface area (Å²) in [5.74, 6) is -0.375. The molecular formula is C10H17ClN4O. The summed E-state index contributed by atoms with van der Waals surface area (Å²) in [7, 11) is 1.72. The number of amides is 1. The Morgan fingerprint density at radius 3 is 2.81 bits per heavy atom. The van der Waals surface area contributed by atoms with E-state index in [9.17, 15) is 4.79 Å². The first kappa shape index (κ1) is 13.0.